The Labute approximate surface area is 132 Å². The van der Waals surface area contributed by atoms with Gasteiger partial charge in [-0.3, -0.25) is 0 Å². The first-order chi connectivity index (χ1) is 10.8. The maximum atomic E-state index is 2.21. The van der Waals surface area contributed by atoms with Gasteiger partial charge in [-0.15, -0.1) is 0 Å². The molecule has 0 saturated carbocycles. The maximum Gasteiger partial charge on any atom is 0.173 e. The summed E-state index contributed by atoms with van der Waals surface area (Å²) in [6.07, 6.45) is 8.67. The zero-order chi connectivity index (χ0) is 15.4. The van der Waals surface area contributed by atoms with Crippen LogP contribution in [0.5, 0.6) is 0 Å². The van der Waals surface area contributed by atoms with Crippen molar-refractivity contribution >= 4 is 0 Å². The van der Waals surface area contributed by atoms with Gasteiger partial charge in [-0.05, 0) is 25.0 Å². The molecule has 3 rings (SSSR count). The van der Waals surface area contributed by atoms with Gasteiger partial charge in [0.25, 0.3) is 0 Å². The van der Waals surface area contributed by atoms with Crippen molar-refractivity contribution in [1.82, 2.24) is 0 Å². The van der Waals surface area contributed by atoms with Crippen LogP contribution in [-0.4, -0.2) is 0 Å². The molecule has 2 heteroatoms. The third-order valence-electron chi connectivity index (χ3n) is 3.99. The molecule has 0 aliphatic carbocycles. The van der Waals surface area contributed by atoms with E-state index in [0.29, 0.717) is 0 Å². The largest absolute Gasteiger partial charge is 0.205 e. The molecule has 0 spiro atoms. The summed E-state index contributed by atoms with van der Waals surface area (Å²) in [5, 5.41) is 0. The molecule has 2 aromatic heterocycles. The summed E-state index contributed by atoms with van der Waals surface area (Å²) >= 11 is 0. The molecule has 0 aliphatic heterocycles. The average Bonchev–Trinajstić information content (AvgIpc) is 2.56. The van der Waals surface area contributed by atoms with E-state index in [-0.39, 0.29) is 0 Å². The Hall–Kier alpha value is -2.48. The summed E-state index contributed by atoms with van der Waals surface area (Å²) in [6, 6.07) is 17.1. The lowest BCUT2D eigenvalue weighted by molar-refractivity contribution is -0.693. The van der Waals surface area contributed by atoms with Gasteiger partial charge < -0.3 is 0 Å². The van der Waals surface area contributed by atoms with Crippen LogP contribution in [0.3, 0.4) is 0 Å². The molecule has 0 unspecified atom stereocenters. The summed E-state index contributed by atoms with van der Waals surface area (Å²) in [5.74, 6) is 0. The molecule has 0 N–H and O–H groups in total. The van der Waals surface area contributed by atoms with Crippen LogP contribution in [0, 0.1) is 6.92 Å². The molecule has 0 saturated heterocycles. The molecule has 110 valence electrons. The van der Waals surface area contributed by atoms with Crippen LogP contribution < -0.4 is 9.13 Å². The smallest absolute Gasteiger partial charge is 0.173 e. The van der Waals surface area contributed by atoms with Crippen molar-refractivity contribution in [3.8, 4) is 11.1 Å². The minimum atomic E-state index is 0.907. The monoisotopic (exact) mass is 290 g/mol. The third kappa shape index (κ3) is 3.22. The summed E-state index contributed by atoms with van der Waals surface area (Å²) in [7, 11) is 0. The third-order valence-corrected chi connectivity index (χ3v) is 3.99. The van der Waals surface area contributed by atoms with Gasteiger partial charge in [-0.25, -0.2) is 9.13 Å². The van der Waals surface area contributed by atoms with E-state index in [1.807, 2.05) is 0 Å². The first kappa shape index (κ1) is 14.5. The second kappa shape index (κ2) is 6.52. The Morgan fingerprint density at radius 1 is 0.818 bits per heavy atom. The number of hydrogen-bond donors (Lipinski definition) is 0. The van der Waals surface area contributed by atoms with E-state index in [0.717, 1.165) is 13.1 Å². The lowest BCUT2D eigenvalue weighted by Crippen LogP contribution is -2.33. The van der Waals surface area contributed by atoms with Crippen molar-refractivity contribution in [3.63, 3.8) is 0 Å². The fourth-order valence-corrected chi connectivity index (χ4v) is 2.72. The average molecular weight is 290 g/mol. The molecule has 0 amide bonds. The molecule has 0 aliphatic rings. The van der Waals surface area contributed by atoms with Crippen molar-refractivity contribution in [1.29, 1.82) is 0 Å². The Balaban J connectivity index is 1.82. The van der Waals surface area contributed by atoms with Gasteiger partial charge in [-0.1, -0.05) is 30.3 Å². The lowest BCUT2D eigenvalue weighted by Gasteiger charge is -2.04. The highest BCUT2D eigenvalue weighted by atomic mass is 14.9. The molecule has 22 heavy (non-hydrogen) atoms. The highest BCUT2D eigenvalue weighted by Gasteiger charge is 2.09. The van der Waals surface area contributed by atoms with Crippen LogP contribution in [-0.2, 0) is 13.1 Å². The van der Waals surface area contributed by atoms with Gasteiger partial charge in [0, 0.05) is 29.3 Å². The molecule has 2 nitrogen and oxygen atoms in total. The summed E-state index contributed by atoms with van der Waals surface area (Å²) in [4.78, 5) is 0. The van der Waals surface area contributed by atoms with E-state index in [4.69, 9.17) is 0 Å². The number of hydrogen-bond acceptors (Lipinski definition) is 0. The number of nitrogens with zero attached hydrogens (tertiary/aromatic N) is 2. The number of pyridine rings is 2. The van der Waals surface area contributed by atoms with Gasteiger partial charge in [-0.2, -0.15) is 0 Å². The quantitative estimate of drug-likeness (QED) is 0.651. The topological polar surface area (TPSA) is 7.76 Å². The summed E-state index contributed by atoms with van der Waals surface area (Å²) in [5.41, 5.74) is 5.20. The van der Waals surface area contributed by atoms with Gasteiger partial charge in [0.05, 0.1) is 0 Å². The molecule has 0 bridgehead atoms. The van der Waals surface area contributed by atoms with Crippen molar-refractivity contribution < 1.29 is 9.13 Å². The van der Waals surface area contributed by atoms with E-state index in [1.54, 1.807) is 0 Å². The molecule has 1 aromatic carbocycles. The van der Waals surface area contributed by atoms with Crippen molar-refractivity contribution in [3.05, 3.63) is 84.4 Å². The first-order valence-corrected chi connectivity index (χ1v) is 7.79. The van der Waals surface area contributed by atoms with E-state index >= 15 is 0 Å². The summed E-state index contributed by atoms with van der Waals surface area (Å²) < 4.78 is 4.42. The first-order valence-electron chi connectivity index (χ1n) is 7.79. The van der Waals surface area contributed by atoms with Crippen LogP contribution in [0.25, 0.3) is 11.1 Å². The standard InChI is InChI=1S/C20H22N2/c1-3-21-14-11-20(17(2)15-21)19-9-12-22(13-10-19)16-18-7-5-4-6-8-18/h4-15H,3,16H2,1-2H3/q+2. The molecule has 0 fully saturated rings. The van der Waals surface area contributed by atoms with Crippen LogP contribution in [0.15, 0.2) is 73.3 Å². The fraction of sp³-hybridized carbons (Fsp3) is 0.200. The SMILES string of the molecule is CC[n+]1ccc(-c2cc[n+](Cc3ccccc3)cc2)c(C)c1. The molecule has 0 radical (unpaired) electrons. The minimum absolute atomic E-state index is 0.907. The minimum Gasteiger partial charge on any atom is -0.205 e. The van der Waals surface area contributed by atoms with E-state index < -0.39 is 0 Å². The van der Waals surface area contributed by atoms with Crippen molar-refractivity contribution in [2.75, 3.05) is 0 Å². The van der Waals surface area contributed by atoms with Gasteiger partial charge in [0.15, 0.2) is 31.3 Å². The molecule has 3 aromatic rings. The van der Waals surface area contributed by atoms with E-state index in [1.165, 1.54) is 22.3 Å². The predicted molar refractivity (Wildman–Crippen MR) is 88.2 cm³/mol. The normalized spacial score (nSPS) is 10.6. The molecule has 2 heterocycles. The Bertz CT molecular complexity index is 746. The van der Waals surface area contributed by atoms with Crippen LogP contribution in [0.1, 0.15) is 18.1 Å². The van der Waals surface area contributed by atoms with Crippen LogP contribution >= 0.6 is 0 Å². The lowest BCUT2D eigenvalue weighted by atomic mass is 10.0. The van der Waals surface area contributed by atoms with E-state index in [9.17, 15) is 0 Å². The second-order valence-corrected chi connectivity index (χ2v) is 5.62. The predicted octanol–water partition coefficient (Wildman–Crippen LogP) is 3.31. The zero-order valence-corrected chi connectivity index (χ0v) is 13.2. The van der Waals surface area contributed by atoms with Gasteiger partial charge in [0.2, 0.25) is 0 Å². The molecular weight excluding hydrogens is 268 g/mol. The number of benzene rings is 1. The molecule has 0 atom stereocenters. The highest BCUT2D eigenvalue weighted by Crippen LogP contribution is 2.20. The van der Waals surface area contributed by atoms with Gasteiger partial charge in [0.1, 0.15) is 6.54 Å². The van der Waals surface area contributed by atoms with Crippen LogP contribution in [0.4, 0.5) is 0 Å². The number of rotatable bonds is 4. The Kier molecular flexibility index (Phi) is 4.29. The Morgan fingerprint density at radius 3 is 2.14 bits per heavy atom. The van der Waals surface area contributed by atoms with Crippen molar-refractivity contribution in [2.45, 2.75) is 26.9 Å². The fourth-order valence-electron chi connectivity index (χ4n) is 2.72. The molecular formula is C20H22N2+2. The van der Waals surface area contributed by atoms with Gasteiger partial charge >= 0.3 is 0 Å². The number of aryl methyl sites for hydroxylation is 2. The maximum absolute atomic E-state index is 2.21. The number of aromatic nitrogens is 2. The summed E-state index contributed by atoms with van der Waals surface area (Å²) in [6.45, 7) is 6.25. The van der Waals surface area contributed by atoms with Crippen molar-refractivity contribution in [2.24, 2.45) is 0 Å². The Morgan fingerprint density at radius 2 is 1.50 bits per heavy atom. The van der Waals surface area contributed by atoms with E-state index in [2.05, 4.69) is 96.3 Å². The zero-order valence-electron chi connectivity index (χ0n) is 13.2. The highest BCUT2D eigenvalue weighted by molar-refractivity contribution is 5.64. The second-order valence-electron chi connectivity index (χ2n) is 5.62. The van der Waals surface area contributed by atoms with Crippen LogP contribution in [0.2, 0.25) is 0 Å².